The maximum atomic E-state index is 12.6. The lowest BCUT2D eigenvalue weighted by atomic mass is 10.1. The van der Waals surface area contributed by atoms with Crippen molar-refractivity contribution in [1.82, 2.24) is 9.80 Å². The lowest BCUT2D eigenvalue weighted by Gasteiger charge is -2.18. The maximum Gasteiger partial charge on any atom is 0.253 e. The van der Waals surface area contributed by atoms with E-state index in [1.54, 1.807) is 48.3 Å². The van der Waals surface area contributed by atoms with Gasteiger partial charge in [-0.2, -0.15) is 5.26 Å². The highest BCUT2D eigenvalue weighted by Gasteiger charge is 2.28. The molecule has 1 saturated heterocycles. The van der Waals surface area contributed by atoms with Crippen molar-refractivity contribution in [3.8, 4) is 6.07 Å². The molecule has 1 aliphatic rings. The Bertz CT molecular complexity index is 895. The fraction of sp³-hybridized carbons (Fsp3) is 0.238. The zero-order valence-electron chi connectivity index (χ0n) is 15.0. The van der Waals surface area contributed by atoms with Crippen molar-refractivity contribution in [2.75, 3.05) is 7.05 Å². The van der Waals surface area contributed by atoms with Gasteiger partial charge >= 0.3 is 0 Å². The maximum absolute atomic E-state index is 12.6. The summed E-state index contributed by atoms with van der Waals surface area (Å²) in [6, 6.07) is 16.1. The summed E-state index contributed by atoms with van der Waals surface area (Å²) >= 11 is 0. The molecule has 2 aromatic carbocycles. The Morgan fingerprint density at radius 1 is 1.00 bits per heavy atom. The van der Waals surface area contributed by atoms with Crippen LogP contribution in [0.5, 0.6) is 0 Å². The van der Waals surface area contributed by atoms with Gasteiger partial charge in [0.2, 0.25) is 11.8 Å². The van der Waals surface area contributed by atoms with Crippen LogP contribution in [0.2, 0.25) is 0 Å². The molecule has 0 aromatic heterocycles. The van der Waals surface area contributed by atoms with Gasteiger partial charge in [0.25, 0.3) is 5.91 Å². The summed E-state index contributed by atoms with van der Waals surface area (Å²) < 4.78 is 0. The molecule has 6 nitrogen and oxygen atoms in total. The second-order valence-electron chi connectivity index (χ2n) is 6.54. The number of imide groups is 1. The van der Waals surface area contributed by atoms with Crippen LogP contribution in [0.25, 0.3) is 0 Å². The van der Waals surface area contributed by atoms with Crippen molar-refractivity contribution < 1.29 is 14.4 Å². The molecule has 3 amide bonds. The van der Waals surface area contributed by atoms with Gasteiger partial charge in [-0.3, -0.25) is 19.3 Å². The van der Waals surface area contributed by atoms with Crippen molar-refractivity contribution in [3.63, 3.8) is 0 Å². The summed E-state index contributed by atoms with van der Waals surface area (Å²) in [6.07, 6.45) is 0.547. The number of likely N-dealkylation sites (tertiary alicyclic amines) is 1. The minimum absolute atomic E-state index is 0.126. The monoisotopic (exact) mass is 361 g/mol. The number of hydrogen-bond donors (Lipinski definition) is 0. The van der Waals surface area contributed by atoms with Crippen LogP contribution in [-0.2, 0) is 22.7 Å². The Kier molecular flexibility index (Phi) is 5.32. The van der Waals surface area contributed by atoms with Crippen LogP contribution in [0.4, 0.5) is 0 Å². The van der Waals surface area contributed by atoms with Crippen molar-refractivity contribution >= 4 is 17.7 Å². The normalized spacial score (nSPS) is 13.6. The van der Waals surface area contributed by atoms with Gasteiger partial charge in [0.15, 0.2) is 0 Å². The third-order valence-corrected chi connectivity index (χ3v) is 4.55. The standard InChI is InChI=1S/C21H19N3O3/c1-23(13-16-4-2-15(12-22)3-5-16)21(27)18-8-6-17(7-9-18)14-24-19(25)10-11-20(24)26/h2-9H,10-11,13-14H2,1H3. The zero-order chi connectivity index (χ0) is 19.4. The van der Waals surface area contributed by atoms with Crippen LogP contribution in [0.3, 0.4) is 0 Å². The molecular weight excluding hydrogens is 342 g/mol. The number of nitrogens with zero attached hydrogens (tertiary/aromatic N) is 3. The topological polar surface area (TPSA) is 81.5 Å². The van der Waals surface area contributed by atoms with Gasteiger partial charge in [0, 0.05) is 32.0 Å². The number of hydrogen-bond acceptors (Lipinski definition) is 4. The van der Waals surface area contributed by atoms with Gasteiger partial charge in [0.1, 0.15) is 0 Å². The molecule has 2 aromatic rings. The Hall–Kier alpha value is -3.46. The fourth-order valence-electron chi connectivity index (χ4n) is 2.99. The molecule has 1 fully saturated rings. The van der Waals surface area contributed by atoms with E-state index in [1.807, 2.05) is 12.1 Å². The number of rotatable bonds is 5. The van der Waals surface area contributed by atoms with E-state index >= 15 is 0 Å². The fourth-order valence-corrected chi connectivity index (χ4v) is 2.99. The number of nitriles is 1. The van der Waals surface area contributed by atoms with E-state index in [2.05, 4.69) is 6.07 Å². The largest absolute Gasteiger partial charge is 0.337 e. The third-order valence-electron chi connectivity index (χ3n) is 4.55. The average Bonchev–Trinajstić information content (AvgIpc) is 3.00. The predicted octanol–water partition coefficient (Wildman–Crippen LogP) is 2.48. The Labute approximate surface area is 157 Å². The van der Waals surface area contributed by atoms with E-state index in [1.165, 1.54) is 4.90 Å². The van der Waals surface area contributed by atoms with Crippen molar-refractivity contribution in [2.45, 2.75) is 25.9 Å². The van der Waals surface area contributed by atoms with E-state index in [4.69, 9.17) is 5.26 Å². The van der Waals surface area contributed by atoms with Crippen molar-refractivity contribution in [2.24, 2.45) is 0 Å². The highest BCUT2D eigenvalue weighted by molar-refractivity contribution is 6.01. The summed E-state index contributed by atoms with van der Waals surface area (Å²) in [6.45, 7) is 0.677. The molecule has 0 bridgehead atoms. The molecule has 27 heavy (non-hydrogen) atoms. The lowest BCUT2D eigenvalue weighted by Crippen LogP contribution is -2.28. The Balaban J connectivity index is 1.63. The van der Waals surface area contributed by atoms with Crippen LogP contribution in [-0.4, -0.2) is 34.6 Å². The molecule has 0 saturated carbocycles. The number of carbonyl (C=O) groups excluding carboxylic acids is 3. The minimum atomic E-state index is -0.151. The quantitative estimate of drug-likeness (QED) is 0.766. The lowest BCUT2D eigenvalue weighted by molar-refractivity contribution is -0.139. The van der Waals surface area contributed by atoms with E-state index in [9.17, 15) is 14.4 Å². The van der Waals surface area contributed by atoms with Crippen molar-refractivity contribution in [1.29, 1.82) is 5.26 Å². The molecule has 0 aliphatic carbocycles. The first-order valence-corrected chi connectivity index (χ1v) is 8.64. The summed E-state index contributed by atoms with van der Waals surface area (Å²) in [7, 11) is 1.72. The second-order valence-corrected chi connectivity index (χ2v) is 6.54. The van der Waals surface area contributed by atoms with Gasteiger partial charge in [-0.15, -0.1) is 0 Å². The molecule has 0 N–H and O–H groups in total. The molecule has 6 heteroatoms. The first-order valence-electron chi connectivity index (χ1n) is 8.64. The average molecular weight is 361 g/mol. The highest BCUT2D eigenvalue weighted by Crippen LogP contribution is 2.17. The molecular formula is C21H19N3O3. The van der Waals surface area contributed by atoms with Gasteiger partial charge < -0.3 is 4.90 Å². The van der Waals surface area contributed by atoms with Gasteiger partial charge in [-0.05, 0) is 35.4 Å². The minimum Gasteiger partial charge on any atom is -0.337 e. The molecule has 3 rings (SSSR count). The third kappa shape index (κ3) is 4.21. The summed E-state index contributed by atoms with van der Waals surface area (Å²) in [5, 5.41) is 8.83. The summed E-state index contributed by atoms with van der Waals surface area (Å²) in [5.74, 6) is -0.427. The molecule has 0 atom stereocenters. The molecule has 0 unspecified atom stereocenters. The first kappa shape index (κ1) is 18.3. The van der Waals surface area contributed by atoms with Crippen LogP contribution < -0.4 is 0 Å². The molecule has 136 valence electrons. The molecule has 0 radical (unpaired) electrons. The van der Waals surface area contributed by atoms with Gasteiger partial charge in [0.05, 0.1) is 18.2 Å². The van der Waals surface area contributed by atoms with Crippen LogP contribution in [0.1, 0.15) is 39.9 Å². The number of benzene rings is 2. The van der Waals surface area contributed by atoms with Crippen LogP contribution in [0.15, 0.2) is 48.5 Å². The number of carbonyl (C=O) groups is 3. The Morgan fingerprint density at radius 3 is 2.11 bits per heavy atom. The molecule has 0 spiro atoms. The molecule has 1 aliphatic heterocycles. The van der Waals surface area contributed by atoms with Gasteiger partial charge in [-0.25, -0.2) is 0 Å². The van der Waals surface area contributed by atoms with E-state index in [-0.39, 0.29) is 37.1 Å². The predicted molar refractivity (Wildman–Crippen MR) is 98.2 cm³/mol. The highest BCUT2D eigenvalue weighted by atomic mass is 16.2. The smallest absolute Gasteiger partial charge is 0.253 e. The Morgan fingerprint density at radius 2 is 1.56 bits per heavy atom. The molecule has 1 heterocycles. The summed E-state index contributed by atoms with van der Waals surface area (Å²) in [4.78, 5) is 38.8. The second kappa shape index (κ2) is 7.83. The SMILES string of the molecule is CN(Cc1ccc(C#N)cc1)C(=O)c1ccc(CN2C(=O)CCC2=O)cc1. The van der Waals surface area contributed by atoms with E-state index in [0.717, 1.165) is 11.1 Å². The van der Waals surface area contributed by atoms with Crippen LogP contribution in [0, 0.1) is 11.3 Å². The summed E-state index contributed by atoms with van der Waals surface area (Å²) in [5.41, 5.74) is 2.87. The van der Waals surface area contributed by atoms with Gasteiger partial charge in [-0.1, -0.05) is 24.3 Å². The van der Waals surface area contributed by atoms with E-state index < -0.39 is 0 Å². The van der Waals surface area contributed by atoms with Crippen molar-refractivity contribution in [3.05, 3.63) is 70.8 Å². The van der Waals surface area contributed by atoms with Crippen LogP contribution >= 0.6 is 0 Å². The first-order chi connectivity index (χ1) is 13.0. The number of amides is 3. The zero-order valence-corrected chi connectivity index (χ0v) is 15.0. The van der Waals surface area contributed by atoms with E-state index in [0.29, 0.717) is 17.7 Å².